The van der Waals surface area contributed by atoms with E-state index in [9.17, 15) is 23.3 Å². The molecule has 0 atom stereocenters. The van der Waals surface area contributed by atoms with Crippen LogP contribution in [-0.4, -0.2) is 42.0 Å². The number of rotatable bonds is 8. The predicted molar refractivity (Wildman–Crippen MR) is 127 cm³/mol. The van der Waals surface area contributed by atoms with Crippen molar-refractivity contribution in [1.82, 2.24) is 9.38 Å². The SMILES string of the molecule is COc1ccc(NC(=O)c2cc([N+](=O)[O-])cc(S(C)(=O)=O)c2)cc1OCc1cn2ccccc2n1. The molecule has 0 aliphatic rings. The van der Waals surface area contributed by atoms with E-state index >= 15 is 0 Å². The van der Waals surface area contributed by atoms with Crippen LogP contribution in [0.1, 0.15) is 16.1 Å². The molecule has 180 valence electrons. The highest BCUT2D eigenvalue weighted by molar-refractivity contribution is 7.90. The summed E-state index contributed by atoms with van der Waals surface area (Å²) in [5.41, 5.74) is 1.07. The van der Waals surface area contributed by atoms with Crippen molar-refractivity contribution in [2.75, 3.05) is 18.7 Å². The van der Waals surface area contributed by atoms with E-state index in [1.165, 1.54) is 13.2 Å². The average molecular weight is 497 g/mol. The van der Waals surface area contributed by atoms with Gasteiger partial charge in [0.1, 0.15) is 12.3 Å². The van der Waals surface area contributed by atoms with Crippen molar-refractivity contribution in [3.63, 3.8) is 0 Å². The molecule has 0 spiro atoms. The number of nitrogens with one attached hydrogen (secondary N) is 1. The minimum absolute atomic E-state index is 0.137. The molecule has 1 N–H and O–H groups in total. The molecule has 4 rings (SSSR count). The van der Waals surface area contributed by atoms with Gasteiger partial charge in [-0.05, 0) is 30.3 Å². The molecule has 0 aliphatic carbocycles. The maximum Gasteiger partial charge on any atom is 0.271 e. The van der Waals surface area contributed by atoms with Gasteiger partial charge in [0.05, 0.1) is 22.6 Å². The first kappa shape index (κ1) is 23.7. The Morgan fingerprint density at radius 2 is 1.94 bits per heavy atom. The van der Waals surface area contributed by atoms with Crippen LogP contribution in [0.3, 0.4) is 0 Å². The van der Waals surface area contributed by atoms with Gasteiger partial charge in [0, 0.05) is 48.1 Å². The van der Waals surface area contributed by atoms with Crippen LogP contribution in [0, 0.1) is 10.1 Å². The van der Waals surface area contributed by atoms with Crippen molar-refractivity contribution in [2.45, 2.75) is 11.5 Å². The first-order valence-corrected chi connectivity index (χ1v) is 12.1. The number of hydrogen-bond acceptors (Lipinski definition) is 8. The minimum Gasteiger partial charge on any atom is -0.493 e. The number of hydrogen-bond donors (Lipinski definition) is 1. The zero-order chi connectivity index (χ0) is 25.2. The largest absolute Gasteiger partial charge is 0.493 e. The Labute approximate surface area is 200 Å². The number of nitrogens with zero attached hydrogens (tertiary/aromatic N) is 3. The Morgan fingerprint density at radius 1 is 1.14 bits per heavy atom. The number of aromatic nitrogens is 2. The van der Waals surface area contributed by atoms with Crippen LogP contribution in [-0.2, 0) is 16.4 Å². The lowest BCUT2D eigenvalue weighted by molar-refractivity contribution is -0.385. The summed E-state index contributed by atoms with van der Waals surface area (Å²) in [5.74, 6) is 0.0229. The summed E-state index contributed by atoms with van der Waals surface area (Å²) < 4.78 is 36.9. The van der Waals surface area contributed by atoms with Crippen LogP contribution in [0.5, 0.6) is 11.5 Å². The summed E-state index contributed by atoms with van der Waals surface area (Å²) in [5, 5.41) is 13.8. The second-order valence-corrected chi connectivity index (χ2v) is 9.57. The van der Waals surface area contributed by atoms with Gasteiger partial charge in [0.25, 0.3) is 11.6 Å². The number of sulfone groups is 1. The number of carbonyl (C=O) groups is 1. The Bertz CT molecular complexity index is 1510. The fourth-order valence-corrected chi connectivity index (χ4v) is 3.99. The van der Waals surface area contributed by atoms with Crippen LogP contribution in [0.2, 0.25) is 0 Å². The molecule has 0 bridgehead atoms. The standard InChI is InChI=1S/C23H20N4O7S/c1-33-20-7-6-16(11-21(20)34-14-17-13-26-8-4-3-5-22(26)24-17)25-23(28)15-9-18(27(29)30)12-19(10-15)35(2,31)32/h3-13H,14H2,1-2H3,(H,25,28). The van der Waals surface area contributed by atoms with Gasteiger partial charge in [-0.15, -0.1) is 0 Å². The molecule has 0 unspecified atom stereocenters. The minimum atomic E-state index is -3.78. The summed E-state index contributed by atoms with van der Waals surface area (Å²) in [7, 11) is -2.30. The number of non-ortho nitro benzene ring substituents is 1. The number of benzene rings is 2. The summed E-state index contributed by atoms with van der Waals surface area (Å²) in [6.45, 7) is 0.137. The maximum atomic E-state index is 12.8. The molecule has 0 saturated heterocycles. The normalized spacial score (nSPS) is 11.3. The highest BCUT2D eigenvalue weighted by Gasteiger charge is 2.20. The summed E-state index contributed by atoms with van der Waals surface area (Å²) in [4.78, 5) is 27.4. The number of pyridine rings is 1. The van der Waals surface area contributed by atoms with Crippen LogP contribution < -0.4 is 14.8 Å². The topological polar surface area (TPSA) is 142 Å². The Kier molecular flexibility index (Phi) is 6.38. The number of carbonyl (C=O) groups excluding carboxylic acids is 1. The molecule has 2 aromatic carbocycles. The van der Waals surface area contributed by atoms with Crippen LogP contribution in [0.25, 0.3) is 5.65 Å². The number of ether oxygens (including phenoxy) is 2. The summed E-state index contributed by atoms with van der Waals surface area (Å²) in [6.07, 6.45) is 4.60. The Balaban J connectivity index is 1.57. The van der Waals surface area contributed by atoms with Crippen molar-refractivity contribution in [3.8, 4) is 11.5 Å². The van der Waals surface area contributed by atoms with E-state index in [2.05, 4.69) is 10.3 Å². The maximum absolute atomic E-state index is 12.8. The van der Waals surface area contributed by atoms with Gasteiger partial charge in [-0.2, -0.15) is 0 Å². The fourth-order valence-electron chi connectivity index (χ4n) is 3.31. The third-order valence-electron chi connectivity index (χ3n) is 5.00. The lowest BCUT2D eigenvalue weighted by Gasteiger charge is -2.13. The lowest BCUT2D eigenvalue weighted by atomic mass is 10.2. The van der Waals surface area contributed by atoms with Crippen LogP contribution >= 0.6 is 0 Å². The molecule has 0 saturated carbocycles. The number of nitro groups is 1. The highest BCUT2D eigenvalue weighted by Crippen LogP contribution is 2.31. The quantitative estimate of drug-likeness (QED) is 0.289. The number of anilines is 1. The van der Waals surface area contributed by atoms with Crippen LogP contribution in [0.15, 0.2) is 71.9 Å². The number of nitro benzene ring substituents is 1. The van der Waals surface area contributed by atoms with Gasteiger partial charge in [-0.25, -0.2) is 13.4 Å². The molecular weight excluding hydrogens is 476 g/mol. The van der Waals surface area contributed by atoms with Crippen molar-refractivity contribution >= 4 is 32.8 Å². The van der Waals surface area contributed by atoms with E-state index in [0.717, 1.165) is 30.1 Å². The second-order valence-electron chi connectivity index (χ2n) is 7.55. The van der Waals surface area contributed by atoms with Crippen molar-refractivity contribution in [1.29, 1.82) is 0 Å². The van der Waals surface area contributed by atoms with E-state index in [1.807, 2.05) is 35.0 Å². The second kappa shape index (κ2) is 9.43. The Hall–Kier alpha value is -4.45. The number of methoxy groups -OCH3 is 1. The zero-order valence-electron chi connectivity index (χ0n) is 18.7. The number of amides is 1. The van der Waals surface area contributed by atoms with Gasteiger partial charge < -0.3 is 19.2 Å². The van der Waals surface area contributed by atoms with Crippen molar-refractivity contribution in [2.24, 2.45) is 0 Å². The third-order valence-corrected chi connectivity index (χ3v) is 6.10. The molecular formula is C23H20N4O7S. The number of imidazole rings is 1. The first-order chi connectivity index (χ1) is 16.6. The summed E-state index contributed by atoms with van der Waals surface area (Å²) in [6, 6.07) is 13.3. The van der Waals surface area contributed by atoms with Gasteiger partial charge in [-0.3, -0.25) is 14.9 Å². The third kappa shape index (κ3) is 5.38. The highest BCUT2D eigenvalue weighted by atomic mass is 32.2. The molecule has 2 heterocycles. The molecule has 35 heavy (non-hydrogen) atoms. The Morgan fingerprint density at radius 3 is 2.63 bits per heavy atom. The smallest absolute Gasteiger partial charge is 0.271 e. The molecule has 4 aromatic rings. The van der Waals surface area contributed by atoms with Gasteiger partial charge >= 0.3 is 0 Å². The molecule has 0 fully saturated rings. The van der Waals surface area contributed by atoms with E-state index in [-0.39, 0.29) is 17.1 Å². The zero-order valence-corrected chi connectivity index (χ0v) is 19.5. The monoisotopic (exact) mass is 496 g/mol. The first-order valence-electron chi connectivity index (χ1n) is 10.2. The molecule has 0 aliphatic heterocycles. The number of fused-ring (bicyclic) bond motifs is 1. The van der Waals surface area contributed by atoms with E-state index in [4.69, 9.17) is 9.47 Å². The molecule has 2 aromatic heterocycles. The molecule has 1 amide bonds. The van der Waals surface area contributed by atoms with Gasteiger partial charge in [0.2, 0.25) is 0 Å². The van der Waals surface area contributed by atoms with Crippen molar-refractivity contribution in [3.05, 3.63) is 88.4 Å². The lowest BCUT2D eigenvalue weighted by Crippen LogP contribution is -2.13. The predicted octanol–water partition coefficient (Wildman–Crippen LogP) is 3.49. The van der Waals surface area contributed by atoms with Gasteiger partial charge in [0.15, 0.2) is 21.3 Å². The van der Waals surface area contributed by atoms with Gasteiger partial charge in [-0.1, -0.05) is 6.07 Å². The average Bonchev–Trinajstić information content (AvgIpc) is 3.25. The van der Waals surface area contributed by atoms with E-state index in [1.54, 1.807) is 12.1 Å². The molecule has 0 radical (unpaired) electrons. The molecule has 12 heteroatoms. The fraction of sp³-hybridized carbons (Fsp3) is 0.130. The molecule has 11 nitrogen and oxygen atoms in total. The van der Waals surface area contributed by atoms with E-state index in [0.29, 0.717) is 22.9 Å². The van der Waals surface area contributed by atoms with Crippen molar-refractivity contribution < 1.29 is 27.6 Å². The van der Waals surface area contributed by atoms with E-state index < -0.39 is 26.4 Å². The summed E-state index contributed by atoms with van der Waals surface area (Å²) >= 11 is 0. The van der Waals surface area contributed by atoms with Crippen LogP contribution in [0.4, 0.5) is 11.4 Å².